The molecule has 4 N–H and O–H groups in total. The summed E-state index contributed by atoms with van der Waals surface area (Å²) in [4.78, 5) is 50.3. The van der Waals surface area contributed by atoms with Gasteiger partial charge in [0, 0.05) is 42.4 Å². The van der Waals surface area contributed by atoms with E-state index in [-0.39, 0.29) is 23.1 Å². The summed E-state index contributed by atoms with van der Waals surface area (Å²) in [7, 11) is 0. The number of ether oxygens (including phenoxy) is 2. The van der Waals surface area contributed by atoms with Crippen molar-refractivity contribution >= 4 is 23.7 Å². The van der Waals surface area contributed by atoms with Crippen molar-refractivity contribution in [3.8, 4) is 0 Å². The number of carboxylic acids is 1. The van der Waals surface area contributed by atoms with E-state index in [1.807, 2.05) is 13.8 Å². The van der Waals surface area contributed by atoms with Crippen LogP contribution in [0, 0.1) is 29.1 Å². The molecule has 4 aliphatic rings. The maximum atomic E-state index is 13.4. The molecule has 8 atom stereocenters. The van der Waals surface area contributed by atoms with E-state index in [9.17, 15) is 39.6 Å². The van der Waals surface area contributed by atoms with Crippen LogP contribution in [0.1, 0.15) is 61.8 Å². The van der Waals surface area contributed by atoms with Crippen molar-refractivity contribution < 1.29 is 49.1 Å². The van der Waals surface area contributed by atoms with Gasteiger partial charge in [0.2, 0.25) is 0 Å². The van der Waals surface area contributed by atoms with E-state index in [1.54, 1.807) is 26.0 Å². The lowest BCUT2D eigenvalue weighted by Crippen LogP contribution is -2.66. The molecule has 214 valence electrons. The first kappa shape index (κ1) is 28.2. The van der Waals surface area contributed by atoms with Gasteiger partial charge in [-0.2, -0.15) is 0 Å². The van der Waals surface area contributed by atoms with Crippen molar-refractivity contribution in [2.24, 2.45) is 29.1 Å². The minimum absolute atomic E-state index is 0.0169. The number of aliphatic hydroxyl groups excluding tert-OH is 1. The number of Topliss-reactive ketones (excluding diaryl/α,β-unsaturated/α-hetero) is 1. The highest BCUT2D eigenvalue weighted by Crippen LogP contribution is 2.77. The molecular weight excluding hydrogens is 520 g/mol. The Hall–Kier alpha value is -3.34. The maximum Gasteiger partial charge on any atom is 0.338 e. The van der Waals surface area contributed by atoms with Crippen LogP contribution in [0.3, 0.4) is 0 Å². The van der Waals surface area contributed by atoms with Gasteiger partial charge in [0.25, 0.3) is 0 Å². The Labute approximate surface area is 231 Å². The van der Waals surface area contributed by atoms with E-state index in [0.29, 0.717) is 5.57 Å². The Morgan fingerprint density at radius 3 is 2.20 bits per heavy atom. The molecule has 10 nitrogen and oxygen atoms in total. The third-order valence-corrected chi connectivity index (χ3v) is 9.87. The van der Waals surface area contributed by atoms with Crippen molar-refractivity contribution in [1.82, 2.24) is 0 Å². The number of carbonyl (C=O) groups is 4. The monoisotopic (exact) mass is 554 g/mol. The number of hydrogen-bond acceptors (Lipinski definition) is 9. The van der Waals surface area contributed by atoms with Crippen molar-refractivity contribution in [2.75, 3.05) is 6.61 Å². The summed E-state index contributed by atoms with van der Waals surface area (Å²) in [6.45, 7) is 7.68. The summed E-state index contributed by atoms with van der Waals surface area (Å²) < 4.78 is 12.0. The molecule has 0 aromatic heterocycles. The van der Waals surface area contributed by atoms with Crippen molar-refractivity contribution in [3.05, 3.63) is 58.7 Å². The van der Waals surface area contributed by atoms with Crippen molar-refractivity contribution in [2.45, 2.75) is 63.9 Å². The quantitative estimate of drug-likeness (QED) is 0.312. The van der Waals surface area contributed by atoms with E-state index in [2.05, 4.69) is 0 Å². The van der Waals surface area contributed by atoms with Gasteiger partial charge in [0.05, 0.1) is 23.3 Å². The zero-order chi connectivity index (χ0) is 29.6. The number of carbonyl (C=O) groups excluding carboxylic acids is 3. The molecule has 0 aliphatic heterocycles. The van der Waals surface area contributed by atoms with Crippen LogP contribution >= 0.6 is 0 Å². The molecule has 1 aromatic carbocycles. The average molecular weight is 555 g/mol. The fraction of sp³-hybridized carbons (Fsp3) is 0.533. The second-order valence-electron chi connectivity index (χ2n) is 12.2. The van der Waals surface area contributed by atoms with Crippen LogP contribution in [0.4, 0.5) is 0 Å². The molecule has 0 spiro atoms. The molecule has 0 bridgehead atoms. The van der Waals surface area contributed by atoms with Crippen LogP contribution in [0.2, 0.25) is 0 Å². The highest BCUT2D eigenvalue weighted by Gasteiger charge is 2.87. The van der Waals surface area contributed by atoms with Crippen LogP contribution in [-0.4, -0.2) is 73.6 Å². The minimum Gasteiger partial charge on any atom is -0.478 e. The van der Waals surface area contributed by atoms with Gasteiger partial charge in [-0.1, -0.05) is 32.9 Å². The number of benzene rings is 1. The highest BCUT2D eigenvalue weighted by atomic mass is 16.6. The molecule has 2 saturated carbocycles. The molecule has 10 heteroatoms. The van der Waals surface area contributed by atoms with Gasteiger partial charge in [0.1, 0.15) is 11.7 Å². The number of aromatic carboxylic acids is 1. The summed E-state index contributed by atoms with van der Waals surface area (Å²) in [5.41, 5.74) is -5.32. The molecule has 1 unspecified atom stereocenters. The summed E-state index contributed by atoms with van der Waals surface area (Å²) in [5, 5.41) is 43.8. The Morgan fingerprint density at radius 1 is 1.05 bits per heavy atom. The van der Waals surface area contributed by atoms with Gasteiger partial charge in [-0.15, -0.1) is 0 Å². The van der Waals surface area contributed by atoms with Gasteiger partial charge >= 0.3 is 17.9 Å². The SMILES string of the molecule is CC(=O)O[C@]12C([C@@H]3C=C(CO)C[C@]4(O)C(=O)C(C)=C[C@H]4[C@@]3(O)[C@H](C)[C@H]1OC(=O)c1ccc(C(=O)O)cc1)C2(C)C. The van der Waals surface area contributed by atoms with E-state index in [1.165, 1.54) is 31.2 Å². The molecule has 0 radical (unpaired) electrons. The van der Waals surface area contributed by atoms with E-state index >= 15 is 0 Å². The smallest absolute Gasteiger partial charge is 0.338 e. The number of fused-ring (bicyclic) bond motifs is 5. The number of carboxylic acid groups (broad SMARTS) is 1. The van der Waals surface area contributed by atoms with Crippen LogP contribution in [0.5, 0.6) is 0 Å². The Balaban J connectivity index is 1.66. The molecule has 0 heterocycles. The van der Waals surface area contributed by atoms with E-state index in [0.717, 1.165) is 0 Å². The Kier molecular flexibility index (Phi) is 6.22. The predicted molar refractivity (Wildman–Crippen MR) is 139 cm³/mol. The van der Waals surface area contributed by atoms with Crippen LogP contribution in [0.15, 0.2) is 47.6 Å². The number of hydrogen-bond donors (Lipinski definition) is 4. The molecule has 2 fully saturated rings. The first-order chi connectivity index (χ1) is 18.6. The number of esters is 2. The number of ketones is 1. The third kappa shape index (κ3) is 3.52. The highest BCUT2D eigenvalue weighted by molar-refractivity contribution is 6.05. The van der Waals surface area contributed by atoms with Crippen LogP contribution in [0.25, 0.3) is 0 Å². The zero-order valence-corrected chi connectivity index (χ0v) is 23.0. The van der Waals surface area contributed by atoms with Gasteiger partial charge in [-0.05, 0) is 42.3 Å². The lowest BCUT2D eigenvalue weighted by molar-refractivity contribution is -0.219. The molecule has 0 saturated heterocycles. The third-order valence-electron chi connectivity index (χ3n) is 9.87. The largest absolute Gasteiger partial charge is 0.478 e. The molecule has 0 amide bonds. The normalized spacial score (nSPS) is 39.0. The second-order valence-corrected chi connectivity index (χ2v) is 12.2. The fourth-order valence-corrected chi connectivity index (χ4v) is 7.99. The summed E-state index contributed by atoms with van der Waals surface area (Å²) in [6, 6.07) is 5.16. The van der Waals surface area contributed by atoms with Crippen molar-refractivity contribution in [1.29, 1.82) is 0 Å². The van der Waals surface area contributed by atoms with Crippen LogP contribution in [-0.2, 0) is 19.1 Å². The lowest BCUT2D eigenvalue weighted by atomic mass is 9.59. The summed E-state index contributed by atoms with van der Waals surface area (Å²) in [5.74, 6) is -6.53. The van der Waals surface area contributed by atoms with Gasteiger partial charge in [-0.25, -0.2) is 9.59 Å². The standard InChI is InChI=1S/C30H34O10/c1-14-10-21-28(37,23(14)33)12-17(13-31)11-20-22-27(4,5)30(22,40-16(3)32)24(15(2)29(20,21)38)39-26(36)19-8-6-18(7-9-19)25(34)35/h6-11,15,20-22,24,31,37-38H,12-13H2,1-5H3,(H,34,35)/t15-,20+,21-,22?,24-,28-,29-,30-/m1/s1. The van der Waals surface area contributed by atoms with Crippen LogP contribution < -0.4 is 0 Å². The molecule has 5 rings (SSSR count). The first-order valence-corrected chi connectivity index (χ1v) is 13.3. The number of aliphatic hydroxyl groups is 3. The van der Waals surface area contributed by atoms with E-state index < -0.39 is 82.3 Å². The summed E-state index contributed by atoms with van der Waals surface area (Å²) >= 11 is 0. The topological polar surface area (TPSA) is 168 Å². The van der Waals surface area contributed by atoms with Gasteiger partial charge in [0.15, 0.2) is 11.4 Å². The Bertz CT molecular complexity index is 1370. The predicted octanol–water partition coefficient (Wildman–Crippen LogP) is 2.06. The summed E-state index contributed by atoms with van der Waals surface area (Å²) in [6.07, 6.45) is 1.86. The zero-order valence-electron chi connectivity index (χ0n) is 23.0. The minimum atomic E-state index is -2.02. The molecule has 4 aliphatic carbocycles. The average Bonchev–Trinajstić information content (AvgIpc) is 3.31. The lowest BCUT2D eigenvalue weighted by Gasteiger charge is -2.53. The van der Waals surface area contributed by atoms with Crippen molar-refractivity contribution in [3.63, 3.8) is 0 Å². The van der Waals surface area contributed by atoms with Gasteiger partial charge in [-0.3, -0.25) is 9.59 Å². The fourth-order valence-electron chi connectivity index (χ4n) is 7.99. The molecule has 40 heavy (non-hydrogen) atoms. The van der Waals surface area contributed by atoms with Gasteiger partial charge < -0.3 is 29.9 Å². The molecule has 1 aromatic rings. The second kappa shape index (κ2) is 8.83. The maximum absolute atomic E-state index is 13.4. The number of rotatable bonds is 5. The molecular formula is C30H34O10. The Morgan fingerprint density at radius 2 is 1.65 bits per heavy atom. The van der Waals surface area contributed by atoms with E-state index in [4.69, 9.17) is 9.47 Å². The first-order valence-electron chi connectivity index (χ1n) is 13.3.